The van der Waals surface area contributed by atoms with Gasteiger partial charge in [0.15, 0.2) is 11.5 Å². The standard InChI is InChI=1S/C42H49N3O7/c1-26(46)44-33-19-16-27-24-38(50-3)41(51-4)42(52-5)40(27)31-17-20-34(36(47)25-32(31)33)43-22-10-6-7-15-39(48)45-23-11-14-35(45)29-18-21-37(49-2)30-13-9-8-12-28(29)30/h8-9,12-13,17-18,20-21,24-25,33,35H,6-7,10-11,14-16,19,22-23H2,1-5H3,(H,43,47)(H,44,46)/t33-,35+/m0/s1. The molecule has 1 aliphatic carbocycles. The molecular weight excluding hydrogens is 658 g/mol. The number of amides is 2. The fraction of sp³-hybridized carbons (Fsp3) is 0.405. The number of aryl methyl sites for hydroxylation is 1. The van der Waals surface area contributed by atoms with Crippen LogP contribution in [0, 0.1) is 0 Å². The van der Waals surface area contributed by atoms with E-state index in [1.165, 1.54) is 12.5 Å². The number of carbonyl (C=O) groups is 2. The van der Waals surface area contributed by atoms with Gasteiger partial charge in [-0.3, -0.25) is 14.4 Å². The molecule has 1 fully saturated rings. The van der Waals surface area contributed by atoms with Crippen LogP contribution in [0.25, 0.3) is 21.9 Å². The largest absolute Gasteiger partial charge is 0.496 e. The topological polar surface area (TPSA) is 115 Å². The minimum absolute atomic E-state index is 0.0645. The Bertz CT molecular complexity index is 2010. The molecule has 1 heterocycles. The maximum Gasteiger partial charge on any atom is 0.223 e. The van der Waals surface area contributed by atoms with Gasteiger partial charge in [0.25, 0.3) is 0 Å². The molecule has 274 valence electrons. The first-order valence-electron chi connectivity index (χ1n) is 18.2. The van der Waals surface area contributed by atoms with Gasteiger partial charge >= 0.3 is 0 Å². The number of nitrogens with one attached hydrogen (secondary N) is 2. The lowest BCUT2D eigenvalue weighted by Gasteiger charge is -2.26. The molecule has 1 aliphatic heterocycles. The fourth-order valence-electron chi connectivity index (χ4n) is 7.95. The van der Waals surface area contributed by atoms with Crippen molar-refractivity contribution in [3.05, 3.63) is 87.6 Å². The third-order valence-electron chi connectivity index (χ3n) is 10.4. The van der Waals surface area contributed by atoms with Gasteiger partial charge in [0, 0.05) is 37.4 Å². The summed E-state index contributed by atoms with van der Waals surface area (Å²) in [5.41, 5.74) is 4.78. The molecule has 0 unspecified atom stereocenters. The number of unbranched alkanes of at least 4 members (excludes halogenated alkanes) is 2. The number of fused-ring (bicyclic) bond motifs is 4. The van der Waals surface area contributed by atoms with Gasteiger partial charge in [-0.05, 0) is 90.4 Å². The number of rotatable bonds is 13. The van der Waals surface area contributed by atoms with Gasteiger partial charge in [-0.15, -0.1) is 0 Å². The van der Waals surface area contributed by atoms with Crippen molar-refractivity contribution in [1.29, 1.82) is 0 Å². The summed E-state index contributed by atoms with van der Waals surface area (Å²) in [6, 6.07) is 19.3. The zero-order valence-electron chi connectivity index (χ0n) is 30.8. The molecule has 10 heteroatoms. The van der Waals surface area contributed by atoms with E-state index in [2.05, 4.69) is 33.7 Å². The minimum Gasteiger partial charge on any atom is -0.496 e. The summed E-state index contributed by atoms with van der Waals surface area (Å²) < 4.78 is 22.8. The highest BCUT2D eigenvalue weighted by Gasteiger charge is 2.32. The van der Waals surface area contributed by atoms with E-state index in [0.29, 0.717) is 48.7 Å². The molecule has 0 aromatic heterocycles. The average Bonchev–Trinajstić information content (AvgIpc) is 3.53. The van der Waals surface area contributed by atoms with Crippen LogP contribution in [-0.2, 0) is 16.0 Å². The molecule has 2 aliphatic rings. The lowest BCUT2D eigenvalue weighted by molar-refractivity contribution is -0.132. The summed E-state index contributed by atoms with van der Waals surface area (Å²) in [6.07, 6.45) is 6.09. The molecule has 6 rings (SSSR count). The van der Waals surface area contributed by atoms with E-state index in [0.717, 1.165) is 77.4 Å². The number of benzene rings is 3. The normalized spacial score (nSPS) is 16.4. The first-order valence-corrected chi connectivity index (χ1v) is 18.2. The summed E-state index contributed by atoms with van der Waals surface area (Å²) in [6.45, 7) is 2.84. The van der Waals surface area contributed by atoms with E-state index < -0.39 is 0 Å². The summed E-state index contributed by atoms with van der Waals surface area (Å²) in [5, 5.41) is 8.59. The molecule has 1 saturated heterocycles. The van der Waals surface area contributed by atoms with Gasteiger partial charge in [0.2, 0.25) is 23.0 Å². The molecule has 2 amide bonds. The van der Waals surface area contributed by atoms with Crippen LogP contribution in [0.5, 0.6) is 23.0 Å². The number of likely N-dealkylation sites (tertiary alicyclic amines) is 1. The molecular formula is C42H49N3O7. The van der Waals surface area contributed by atoms with Crippen molar-refractivity contribution in [3.63, 3.8) is 0 Å². The van der Waals surface area contributed by atoms with E-state index >= 15 is 0 Å². The second kappa shape index (κ2) is 16.4. The van der Waals surface area contributed by atoms with Gasteiger partial charge in [-0.25, -0.2) is 0 Å². The predicted octanol–water partition coefficient (Wildman–Crippen LogP) is 7.36. The number of ether oxygens (including phenoxy) is 4. The Kier molecular flexibility index (Phi) is 11.5. The Balaban J connectivity index is 1.13. The molecule has 0 bridgehead atoms. The van der Waals surface area contributed by atoms with E-state index in [1.807, 2.05) is 30.3 Å². The van der Waals surface area contributed by atoms with Crippen LogP contribution in [0.15, 0.2) is 65.5 Å². The van der Waals surface area contributed by atoms with Crippen molar-refractivity contribution in [2.75, 3.05) is 46.8 Å². The Morgan fingerprint density at radius 2 is 1.58 bits per heavy atom. The second-order valence-electron chi connectivity index (χ2n) is 13.5. The van der Waals surface area contributed by atoms with Gasteiger partial charge in [-0.1, -0.05) is 42.8 Å². The van der Waals surface area contributed by atoms with Crippen LogP contribution in [0.4, 0.5) is 5.69 Å². The van der Waals surface area contributed by atoms with E-state index in [4.69, 9.17) is 18.9 Å². The highest BCUT2D eigenvalue weighted by molar-refractivity contribution is 5.92. The average molecular weight is 708 g/mol. The van der Waals surface area contributed by atoms with Crippen molar-refractivity contribution in [2.24, 2.45) is 0 Å². The van der Waals surface area contributed by atoms with Crippen molar-refractivity contribution in [1.82, 2.24) is 10.2 Å². The van der Waals surface area contributed by atoms with E-state index in [1.54, 1.807) is 40.6 Å². The molecule has 10 nitrogen and oxygen atoms in total. The fourth-order valence-corrected chi connectivity index (χ4v) is 7.95. The van der Waals surface area contributed by atoms with Crippen LogP contribution in [0.2, 0.25) is 0 Å². The first-order chi connectivity index (χ1) is 25.3. The van der Waals surface area contributed by atoms with Crippen LogP contribution in [0.1, 0.15) is 80.6 Å². The summed E-state index contributed by atoms with van der Waals surface area (Å²) in [4.78, 5) is 41.4. The number of hydrogen-bond donors (Lipinski definition) is 2. The monoisotopic (exact) mass is 707 g/mol. The summed E-state index contributed by atoms with van der Waals surface area (Å²) >= 11 is 0. The Morgan fingerprint density at radius 3 is 2.31 bits per heavy atom. The van der Waals surface area contributed by atoms with Crippen LogP contribution in [0.3, 0.4) is 0 Å². The highest BCUT2D eigenvalue weighted by Crippen LogP contribution is 2.50. The number of methoxy groups -OCH3 is 4. The first kappa shape index (κ1) is 36.5. The van der Waals surface area contributed by atoms with Crippen LogP contribution in [-0.4, -0.2) is 58.2 Å². The Hall–Kier alpha value is -5.25. The van der Waals surface area contributed by atoms with E-state index in [-0.39, 0.29) is 29.3 Å². The van der Waals surface area contributed by atoms with Gasteiger partial charge in [-0.2, -0.15) is 0 Å². The van der Waals surface area contributed by atoms with E-state index in [9.17, 15) is 14.4 Å². The minimum atomic E-state index is -0.370. The molecule has 2 N–H and O–H groups in total. The van der Waals surface area contributed by atoms with Crippen molar-refractivity contribution in [2.45, 2.75) is 70.4 Å². The second-order valence-corrected chi connectivity index (χ2v) is 13.5. The zero-order valence-corrected chi connectivity index (χ0v) is 30.8. The molecule has 4 aromatic carbocycles. The highest BCUT2D eigenvalue weighted by atomic mass is 16.5. The Labute approximate surface area is 305 Å². The molecule has 0 saturated carbocycles. The Morgan fingerprint density at radius 1 is 0.808 bits per heavy atom. The van der Waals surface area contributed by atoms with Gasteiger partial charge in [0.05, 0.1) is 46.2 Å². The quantitative estimate of drug-likeness (QED) is 0.139. The van der Waals surface area contributed by atoms with Crippen molar-refractivity contribution < 1.29 is 28.5 Å². The number of anilines is 1. The zero-order chi connectivity index (χ0) is 36.8. The molecule has 52 heavy (non-hydrogen) atoms. The smallest absolute Gasteiger partial charge is 0.223 e. The van der Waals surface area contributed by atoms with Gasteiger partial charge < -0.3 is 34.5 Å². The van der Waals surface area contributed by atoms with Crippen LogP contribution >= 0.6 is 0 Å². The van der Waals surface area contributed by atoms with Crippen molar-refractivity contribution in [3.8, 4) is 34.1 Å². The maximum absolute atomic E-state index is 13.6. The summed E-state index contributed by atoms with van der Waals surface area (Å²) in [5.74, 6) is 2.39. The number of carbonyl (C=O) groups excluding carboxylic acids is 2. The molecule has 2 atom stereocenters. The van der Waals surface area contributed by atoms with Crippen molar-refractivity contribution >= 4 is 28.3 Å². The van der Waals surface area contributed by atoms with Crippen LogP contribution < -0.4 is 35.0 Å². The number of hydrogen-bond acceptors (Lipinski definition) is 8. The predicted molar refractivity (Wildman–Crippen MR) is 204 cm³/mol. The third-order valence-corrected chi connectivity index (χ3v) is 10.4. The number of nitrogens with zero attached hydrogens (tertiary/aromatic N) is 1. The third kappa shape index (κ3) is 7.38. The maximum atomic E-state index is 13.6. The molecule has 0 radical (unpaired) electrons. The lowest BCUT2D eigenvalue weighted by Crippen LogP contribution is -2.30. The molecule has 4 aromatic rings. The summed E-state index contributed by atoms with van der Waals surface area (Å²) in [7, 11) is 6.42. The SMILES string of the molecule is COc1cc2c(c(OC)c1OC)-c1ccc(NCCCCCC(=O)N3CCC[C@@H]3c3ccc(OC)c4ccccc34)c(=O)cc1[C@@H](NC(C)=O)CC2. The molecule has 0 spiro atoms. The lowest BCUT2D eigenvalue weighted by atomic mass is 9.95. The van der Waals surface area contributed by atoms with Gasteiger partial charge in [0.1, 0.15) is 5.75 Å².